The normalized spacial score (nSPS) is 9.63. The molecule has 96 valence electrons. The predicted octanol–water partition coefficient (Wildman–Crippen LogP) is 2.01. The number of esters is 1. The highest BCUT2D eigenvalue weighted by atomic mass is 32.1. The average Bonchev–Trinajstić information content (AvgIpc) is 3.06. The molecule has 0 spiro atoms. The van der Waals surface area contributed by atoms with Crippen molar-refractivity contribution in [3.05, 3.63) is 41.2 Å². The van der Waals surface area contributed by atoms with E-state index in [1.165, 1.54) is 23.7 Å². The molecule has 19 heavy (non-hydrogen) atoms. The molecule has 0 fully saturated rings. The first-order chi connectivity index (χ1) is 9.20. The molecule has 2 aromatic rings. The van der Waals surface area contributed by atoms with Crippen molar-refractivity contribution in [1.29, 1.82) is 5.26 Å². The minimum atomic E-state index is -0.716. The molecule has 0 saturated heterocycles. The molecule has 1 N–H and O–H groups in total. The molecule has 7 heteroatoms. The van der Waals surface area contributed by atoms with Gasteiger partial charge in [-0.25, -0.2) is 4.79 Å². The number of hydrogen-bond acceptors (Lipinski definition) is 6. The third-order valence-electron chi connectivity index (χ3n) is 2.10. The Morgan fingerprint density at radius 2 is 2.32 bits per heavy atom. The number of furan rings is 1. The summed E-state index contributed by atoms with van der Waals surface area (Å²) in [5, 5.41) is 13.4. The Labute approximate surface area is 112 Å². The zero-order chi connectivity index (χ0) is 13.7. The Hall–Kier alpha value is -2.59. The summed E-state index contributed by atoms with van der Waals surface area (Å²) in [7, 11) is 0. The van der Waals surface area contributed by atoms with E-state index in [-0.39, 0.29) is 5.76 Å². The first-order valence-electron chi connectivity index (χ1n) is 5.19. The van der Waals surface area contributed by atoms with Crippen molar-refractivity contribution in [3.8, 4) is 6.07 Å². The highest BCUT2D eigenvalue weighted by molar-refractivity contribution is 7.14. The summed E-state index contributed by atoms with van der Waals surface area (Å²) in [5.74, 6) is -1.20. The molecule has 1 amide bonds. The van der Waals surface area contributed by atoms with Crippen LogP contribution in [0, 0.1) is 11.3 Å². The van der Waals surface area contributed by atoms with E-state index >= 15 is 0 Å². The highest BCUT2D eigenvalue weighted by Crippen LogP contribution is 2.21. The Morgan fingerprint density at radius 1 is 1.47 bits per heavy atom. The highest BCUT2D eigenvalue weighted by Gasteiger charge is 2.13. The molecule has 0 radical (unpaired) electrons. The summed E-state index contributed by atoms with van der Waals surface area (Å²) in [6.07, 6.45) is 1.33. The van der Waals surface area contributed by atoms with Crippen molar-refractivity contribution in [2.45, 2.75) is 0 Å². The summed E-state index contributed by atoms with van der Waals surface area (Å²) in [5.41, 5.74) is 0.371. The van der Waals surface area contributed by atoms with E-state index in [1.54, 1.807) is 17.5 Å². The fraction of sp³-hybridized carbons (Fsp3) is 0.0833. The lowest BCUT2D eigenvalue weighted by Gasteiger charge is -2.03. The molecular weight excluding hydrogens is 268 g/mol. The van der Waals surface area contributed by atoms with Gasteiger partial charge in [-0.2, -0.15) is 5.26 Å². The van der Waals surface area contributed by atoms with E-state index in [0.29, 0.717) is 10.6 Å². The number of nitrogens with one attached hydrogen (secondary N) is 1. The first kappa shape index (κ1) is 12.9. The molecule has 2 rings (SSSR count). The second-order valence-corrected chi connectivity index (χ2v) is 4.29. The number of ether oxygens (including phenoxy) is 1. The Kier molecular flexibility index (Phi) is 3.95. The van der Waals surface area contributed by atoms with Crippen LogP contribution < -0.4 is 5.32 Å². The number of rotatable bonds is 4. The summed E-state index contributed by atoms with van der Waals surface area (Å²) >= 11 is 1.22. The fourth-order valence-corrected chi connectivity index (χ4v) is 2.01. The number of nitriles is 1. The number of amides is 1. The number of nitrogens with zero attached hydrogens (tertiary/aromatic N) is 1. The standard InChI is InChI=1S/C12H8N2O4S/c13-6-8-3-5-19-11(8)14-10(15)7-18-12(16)9-2-1-4-17-9/h1-5H,7H2,(H,14,15). The predicted molar refractivity (Wildman–Crippen MR) is 66.7 cm³/mol. The van der Waals surface area contributed by atoms with Crippen LogP contribution in [0.5, 0.6) is 0 Å². The van der Waals surface area contributed by atoms with Crippen LogP contribution in [0.3, 0.4) is 0 Å². The van der Waals surface area contributed by atoms with Crippen molar-refractivity contribution in [2.24, 2.45) is 0 Å². The second-order valence-electron chi connectivity index (χ2n) is 3.38. The number of carbonyl (C=O) groups excluding carboxylic acids is 2. The topological polar surface area (TPSA) is 92.3 Å². The van der Waals surface area contributed by atoms with E-state index in [2.05, 4.69) is 5.32 Å². The molecule has 2 aromatic heterocycles. The fourth-order valence-electron chi connectivity index (χ4n) is 1.25. The van der Waals surface area contributed by atoms with Crippen LogP contribution in [0.25, 0.3) is 0 Å². The first-order valence-corrected chi connectivity index (χ1v) is 6.06. The van der Waals surface area contributed by atoms with Crippen LogP contribution in [-0.2, 0) is 9.53 Å². The van der Waals surface area contributed by atoms with Gasteiger partial charge in [-0.15, -0.1) is 11.3 Å². The van der Waals surface area contributed by atoms with Gasteiger partial charge >= 0.3 is 5.97 Å². The minimum absolute atomic E-state index is 0.0293. The van der Waals surface area contributed by atoms with Gasteiger partial charge in [0, 0.05) is 0 Å². The van der Waals surface area contributed by atoms with E-state index in [9.17, 15) is 9.59 Å². The maximum atomic E-state index is 11.5. The zero-order valence-corrected chi connectivity index (χ0v) is 10.4. The Balaban J connectivity index is 1.86. The summed E-state index contributed by atoms with van der Waals surface area (Å²) < 4.78 is 9.57. The number of anilines is 1. The van der Waals surface area contributed by atoms with Gasteiger partial charge in [0.15, 0.2) is 6.61 Å². The van der Waals surface area contributed by atoms with Gasteiger partial charge in [-0.3, -0.25) is 4.79 Å². The average molecular weight is 276 g/mol. The van der Waals surface area contributed by atoms with Crippen LogP contribution in [-0.4, -0.2) is 18.5 Å². The monoisotopic (exact) mass is 276 g/mol. The van der Waals surface area contributed by atoms with Crippen molar-refractivity contribution < 1.29 is 18.7 Å². The third kappa shape index (κ3) is 3.20. The Morgan fingerprint density at radius 3 is 3.00 bits per heavy atom. The van der Waals surface area contributed by atoms with Gasteiger partial charge in [0.2, 0.25) is 5.76 Å². The van der Waals surface area contributed by atoms with Crippen LogP contribution in [0.4, 0.5) is 5.00 Å². The van der Waals surface area contributed by atoms with Crippen molar-refractivity contribution in [3.63, 3.8) is 0 Å². The quantitative estimate of drug-likeness (QED) is 0.862. The molecule has 2 heterocycles. The summed E-state index contributed by atoms with van der Waals surface area (Å²) in [6, 6.07) is 6.51. The molecule has 0 aliphatic rings. The Bertz CT molecular complexity index is 624. The van der Waals surface area contributed by atoms with E-state index in [1.807, 2.05) is 6.07 Å². The van der Waals surface area contributed by atoms with Crippen LogP contribution >= 0.6 is 11.3 Å². The van der Waals surface area contributed by atoms with Crippen LogP contribution in [0.15, 0.2) is 34.3 Å². The molecular formula is C12H8N2O4S. The summed E-state index contributed by atoms with van der Waals surface area (Å²) in [6.45, 7) is -0.442. The zero-order valence-electron chi connectivity index (χ0n) is 9.58. The van der Waals surface area contributed by atoms with E-state index < -0.39 is 18.5 Å². The maximum absolute atomic E-state index is 11.5. The third-order valence-corrected chi connectivity index (χ3v) is 2.93. The molecule has 0 aliphatic heterocycles. The summed E-state index contributed by atoms with van der Waals surface area (Å²) in [4.78, 5) is 22.9. The smallest absolute Gasteiger partial charge is 0.374 e. The van der Waals surface area contributed by atoms with E-state index in [4.69, 9.17) is 14.4 Å². The largest absolute Gasteiger partial charge is 0.457 e. The SMILES string of the molecule is N#Cc1ccsc1NC(=O)COC(=O)c1ccco1. The van der Waals surface area contributed by atoms with Crippen molar-refractivity contribution in [2.75, 3.05) is 11.9 Å². The molecule has 0 aromatic carbocycles. The second kappa shape index (κ2) is 5.84. The minimum Gasteiger partial charge on any atom is -0.457 e. The molecule has 6 nitrogen and oxygen atoms in total. The molecule has 0 saturated carbocycles. The van der Waals surface area contributed by atoms with Crippen LogP contribution in [0.1, 0.15) is 16.1 Å². The van der Waals surface area contributed by atoms with Crippen LogP contribution in [0.2, 0.25) is 0 Å². The number of carbonyl (C=O) groups is 2. The maximum Gasteiger partial charge on any atom is 0.374 e. The molecule has 0 unspecified atom stereocenters. The van der Waals surface area contributed by atoms with Crippen molar-refractivity contribution in [1.82, 2.24) is 0 Å². The lowest BCUT2D eigenvalue weighted by atomic mass is 10.3. The van der Waals surface area contributed by atoms with Gasteiger partial charge in [0.1, 0.15) is 11.1 Å². The lowest BCUT2D eigenvalue weighted by Crippen LogP contribution is -2.20. The molecule has 0 bridgehead atoms. The van der Waals surface area contributed by atoms with Gasteiger partial charge in [0.05, 0.1) is 11.8 Å². The lowest BCUT2D eigenvalue weighted by molar-refractivity contribution is -0.119. The van der Waals surface area contributed by atoms with Gasteiger partial charge in [-0.05, 0) is 23.6 Å². The molecule has 0 atom stereocenters. The van der Waals surface area contributed by atoms with Crippen molar-refractivity contribution >= 4 is 28.2 Å². The van der Waals surface area contributed by atoms with Gasteiger partial charge in [0.25, 0.3) is 5.91 Å². The number of thiophene rings is 1. The van der Waals surface area contributed by atoms with Gasteiger partial charge < -0.3 is 14.5 Å². The number of hydrogen-bond donors (Lipinski definition) is 1. The van der Waals surface area contributed by atoms with Gasteiger partial charge in [-0.1, -0.05) is 0 Å². The van der Waals surface area contributed by atoms with E-state index in [0.717, 1.165) is 0 Å². The molecule has 0 aliphatic carbocycles.